The number of carbonyl (C=O) groups is 2. The lowest BCUT2D eigenvalue weighted by Gasteiger charge is -2.10. The third kappa shape index (κ3) is 5.45. The van der Waals surface area contributed by atoms with Gasteiger partial charge in [-0.3, -0.25) is 4.79 Å². The van der Waals surface area contributed by atoms with Crippen LogP contribution >= 0.6 is 0 Å². The van der Waals surface area contributed by atoms with Crippen LogP contribution in [0.2, 0.25) is 0 Å². The molecule has 0 radical (unpaired) electrons. The van der Waals surface area contributed by atoms with Crippen LogP contribution in [-0.2, 0) is 16.0 Å². The van der Waals surface area contributed by atoms with Gasteiger partial charge >= 0.3 is 5.97 Å². The van der Waals surface area contributed by atoms with Crippen molar-refractivity contribution in [2.45, 2.75) is 12.8 Å². The third-order valence-electron chi connectivity index (χ3n) is 4.22. The highest BCUT2D eigenvalue weighted by molar-refractivity contribution is 5.91. The number of rotatable bonds is 7. The molecule has 0 heterocycles. The van der Waals surface area contributed by atoms with Gasteiger partial charge in [0.1, 0.15) is 0 Å². The highest BCUT2D eigenvalue weighted by atomic mass is 16.5. The molecule has 0 aliphatic heterocycles. The van der Waals surface area contributed by atoms with Gasteiger partial charge in [0.25, 0.3) is 0 Å². The summed E-state index contributed by atoms with van der Waals surface area (Å²) in [6, 6.07) is 24.4. The molecular formula is C23H22N2O3. The maximum absolute atomic E-state index is 12.1. The summed E-state index contributed by atoms with van der Waals surface area (Å²) in [6.07, 6.45) is 1.15. The minimum atomic E-state index is -0.378. The summed E-state index contributed by atoms with van der Waals surface area (Å²) in [5.74, 6) is -0.396. The van der Waals surface area contributed by atoms with Gasteiger partial charge in [0.05, 0.1) is 12.7 Å². The molecule has 3 rings (SSSR count). The van der Waals surface area contributed by atoms with E-state index in [2.05, 4.69) is 10.6 Å². The van der Waals surface area contributed by atoms with Gasteiger partial charge in [-0.15, -0.1) is 0 Å². The van der Waals surface area contributed by atoms with E-state index in [0.717, 1.165) is 22.6 Å². The molecule has 0 saturated heterocycles. The summed E-state index contributed by atoms with van der Waals surface area (Å²) in [5.41, 5.74) is 4.00. The normalized spacial score (nSPS) is 10.2. The highest BCUT2D eigenvalue weighted by Gasteiger charge is 2.06. The molecule has 0 aromatic heterocycles. The molecule has 0 fully saturated rings. The minimum absolute atomic E-state index is 0.0182. The Morgan fingerprint density at radius 1 is 0.821 bits per heavy atom. The van der Waals surface area contributed by atoms with Gasteiger partial charge in [-0.25, -0.2) is 4.79 Å². The Morgan fingerprint density at radius 2 is 1.54 bits per heavy atom. The molecule has 0 spiro atoms. The Labute approximate surface area is 164 Å². The topological polar surface area (TPSA) is 67.4 Å². The molecule has 3 aromatic rings. The molecular weight excluding hydrogens is 352 g/mol. The van der Waals surface area contributed by atoms with E-state index in [9.17, 15) is 9.59 Å². The Kier molecular flexibility index (Phi) is 6.41. The fourth-order valence-corrected chi connectivity index (χ4v) is 2.77. The molecule has 5 heteroatoms. The van der Waals surface area contributed by atoms with E-state index in [-0.39, 0.29) is 11.9 Å². The van der Waals surface area contributed by atoms with Gasteiger partial charge in [0.15, 0.2) is 0 Å². The lowest BCUT2D eigenvalue weighted by Crippen LogP contribution is -2.12. The molecule has 0 bridgehead atoms. The monoisotopic (exact) mass is 374 g/mol. The lowest BCUT2D eigenvalue weighted by atomic mass is 10.1. The average Bonchev–Trinajstić information content (AvgIpc) is 2.74. The number of hydrogen-bond acceptors (Lipinski definition) is 4. The van der Waals surface area contributed by atoms with Crippen LogP contribution in [0.25, 0.3) is 0 Å². The molecule has 1 amide bonds. The summed E-state index contributed by atoms with van der Waals surface area (Å²) in [5, 5.41) is 6.14. The Balaban J connectivity index is 1.55. The van der Waals surface area contributed by atoms with E-state index < -0.39 is 0 Å². The summed E-state index contributed by atoms with van der Waals surface area (Å²) in [6.45, 7) is 0. The second-order valence-corrected chi connectivity index (χ2v) is 6.31. The molecule has 28 heavy (non-hydrogen) atoms. The van der Waals surface area contributed by atoms with E-state index in [4.69, 9.17) is 4.74 Å². The van der Waals surface area contributed by atoms with Crippen molar-refractivity contribution in [2.75, 3.05) is 17.7 Å². The smallest absolute Gasteiger partial charge is 0.337 e. The Bertz CT molecular complexity index is 938. The number of anilines is 3. The van der Waals surface area contributed by atoms with Crippen LogP contribution in [0, 0.1) is 0 Å². The molecule has 5 nitrogen and oxygen atoms in total. The third-order valence-corrected chi connectivity index (χ3v) is 4.22. The van der Waals surface area contributed by atoms with Crippen LogP contribution in [0.15, 0.2) is 78.9 Å². The average molecular weight is 374 g/mol. The van der Waals surface area contributed by atoms with Crippen LogP contribution < -0.4 is 10.6 Å². The number of amides is 1. The maximum Gasteiger partial charge on any atom is 0.337 e. The van der Waals surface area contributed by atoms with Crippen molar-refractivity contribution in [1.29, 1.82) is 0 Å². The first kappa shape index (κ1) is 19.2. The van der Waals surface area contributed by atoms with Crippen molar-refractivity contribution in [1.82, 2.24) is 0 Å². The first-order valence-electron chi connectivity index (χ1n) is 9.03. The summed E-state index contributed by atoms with van der Waals surface area (Å²) >= 11 is 0. The van der Waals surface area contributed by atoms with Crippen molar-refractivity contribution in [3.05, 3.63) is 90.0 Å². The molecule has 0 unspecified atom stereocenters. The first-order chi connectivity index (χ1) is 13.6. The molecule has 142 valence electrons. The van der Waals surface area contributed by atoms with Crippen LogP contribution in [0.1, 0.15) is 22.3 Å². The van der Waals surface area contributed by atoms with Crippen molar-refractivity contribution in [2.24, 2.45) is 0 Å². The van der Waals surface area contributed by atoms with Crippen LogP contribution in [-0.4, -0.2) is 19.0 Å². The zero-order valence-corrected chi connectivity index (χ0v) is 15.6. The predicted octanol–water partition coefficient (Wildman–Crippen LogP) is 4.79. The Hall–Kier alpha value is -3.60. The summed E-state index contributed by atoms with van der Waals surface area (Å²) in [7, 11) is 1.36. The molecule has 0 saturated carbocycles. The second-order valence-electron chi connectivity index (χ2n) is 6.31. The zero-order valence-electron chi connectivity index (χ0n) is 15.6. The first-order valence-corrected chi connectivity index (χ1v) is 9.03. The number of nitrogens with one attached hydrogen (secondary N) is 2. The SMILES string of the molecule is COC(=O)c1cccc(Nc2ccc(NC(=O)CCc3ccccc3)cc2)c1. The van der Waals surface area contributed by atoms with E-state index >= 15 is 0 Å². The van der Waals surface area contributed by atoms with Crippen molar-refractivity contribution in [3.63, 3.8) is 0 Å². The van der Waals surface area contributed by atoms with E-state index in [1.165, 1.54) is 7.11 Å². The number of methoxy groups -OCH3 is 1. The maximum atomic E-state index is 12.1. The predicted molar refractivity (Wildman–Crippen MR) is 111 cm³/mol. The van der Waals surface area contributed by atoms with Crippen molar-refractivity contribution < 1.29 is 14.3 Å². The Morgan fingerprint density at radius 3 is 2.25 bits per heavy atom. The van der Waals surface area contributed by atoms with Crippen LogP contribution in [0.4, 0.5) is 17.1 Å². The standard InChI is InChI=1S/C23H22N2O3/c1-28-23(27)18-8-5-9-21(16-18)24-19-11-13-20(14-12-19)25-22(26)15-10-17-6-3-2-4-7-17/h2-9,11-14,16,24H,10,15H2,1H3,(H,25,26). The fraction of sp³-hybridized carbons (Fsp3) is 0.130. The number of hydrogen-bond donors (Lipinski definition) is 2. The van der Waals surface area contributed by atoms with Gasteiger partial charge in [-0.2, -0.15) is 0 Å². The number of esters is 1. The number of ether oxygens (including phenoxy) is 1. The summed E-state index contributed by atoms with van der Waals surface area (Å²) < 4.78 is 4.74. The largest absolute Gasteiger partial charge is 0.465 e. The van der Waals surface area contributed by atoms with Crippen molar-refractivity contribution >= 4 is 28.9 Å². The van der Waals surface area contributed by atoms with E-state index in [1.807, 2.05) is 60.7 Å². The lowest BCUT2D eigenvalue weighted by molar-refractivity contribution is -0.116. The molecule has 0 aliphatic rings. The second kappa shape index (κ2) is 9.37. The summed E-state index contributed by atoms with van der Waals surface area (Å²) in [4.78, 5) is 23.7. The molecule has 0 aliphatic carbocycles. The minimum Gasteiger partial charge on any atom is -0.465 e. The van der Waals surface area contributed by atoms with Crippen LogP contribution in [0.5, 0.6) is 0 Å². The van der Waals surface area contributed by atoms with Gasteiger partial charge in [-0.05, 0) is 54.4 Å². The zero-order chi connectivity index (χ0) is 19.8. The van der Waals surface area contributed by atoms with E-state index in [0.29, 0.717) is 18.4 Å². The van der Waals surface area contributed by atoms with E-state index in [1.54, 1.807) is 18.2 Å². The number of benzene rings is 3. The van der Waals surface area contributed by atoms with Gasteiger partial charge in [0.2, 0.25) is 5.91 Å². The number of carbonyl (C=O) groups excluding carboxylic acids is 2. The molecule has 3 aromatic carbocycles. The number of aryl methyl sites for hydroxylation is 1. The highest BCUT2D eigenvalue weighted by Crippen LogP contribution is 2.20. The molecule has 0 atom stereocenters. The fourth-order valence-electron chi connectivity index (χ4n) is 2.77. The van der Waals surface area contributed by atoms with Gasteiger partial charge < -0.3 is 15.4 Å². The van der Waals surface area contributed by atoms with Crippen LogP contribution in [0.3, 0.4) is 0 Å². The van der Waals surface area contributed by atoms with Gasteiger partial charge in [-0.1, -0.05) is 36.4 Å². The van der Waals surface area contributed by atoms with Crippen molar-refractivity contribution in [3.8, 4) is 0 Å². The quantitative estimate of drug-likeness (QED) is 0.584. The molecule has 2 N–H and O–H groups in total. The van der Waals surface area contributed by atoms with Gasteiger partial charge in [0, 0.05) is 23.5 Å².